The minimum absolute atomic E-state index is 0.0339. The SMILES string of the molecule is CCCN1CC(=O)NC(C(C)CC)C1=O. The third-order valence-corrected chi connectivity index (χ3v) is 2.94. The Bertz CT molecular complexity index is 253. The first-order valence-corrected chi connectivity index (χ1v) is 5.68. The van der Waals surface area contributed by atoms with Crippen LogP contribution in [0.5, 0.6) is 0 Å². The van der Waals surface area contributed by atoms with E-state index in [-0.39, 0.29) is 30.3 Å². The highest BCUT2D eigenvalue weighted by molar-refractivity contribution is 5.94. The minimum Gasteiger partial charge on any atom is -0.342 e. The van der Waals surface area contributed by atoms with Gasteiger partial charge in [-0.25, -0.2) is 0 Å². The second-order valence-corrected chi connectivity index (χ2v) is 4.19. The zero-order valence-electron chi connectivity index (χ0n) is 9.75. The first-order chi connectivity index (χ1) is 7.10. The maximum Gasteiger partial charge on any atom is 0.245 e. The van der Waals surface area contributed by atoms with Gasteiger partial charge in [0.25, 0.3) is 0 Å². The molecule has 0 aromatic carbocycles. The van der Waals surface area contributed by atoms with Crippen LogP contribution < -0.4 is 5.32 Å². The quantitative estimate of drug-likeness (QED) is 0.748. The molecule has 1 aliphatic rings. The van der Waals surface area contributed by atoms with Crippen molar-refractivity contribution in [1.82, 2.24) is 10.2 Å². The van der Waals surface area contributed by atoms with Gasteiger partial charge in [-0.3, -0.25) is 9.59 Å². The van der Waals surface area contributed by atoms with E-state index in [1.807, 2.05) is 20.8 Å². The van der Waals surface area contributed by atoms with Crippen LogP contribution in [-0.4, -0.2) is 35.8 Å². The van der Waals surface area contributed by atoms with E-state index >= 15 is 0 Å². The van der Waals surface area contributed by atoms with Crippen molar-refractivity contribution in [2.45, 2.75) is 39.7 Å². The Labute approximate surface area is 91.0 Å². The summed E-state index contributed by atoms with van der Waals surface area (Å²) in [4.78, 5) is 25.1. The van der Waals surface area contributed by atoms with E-state index in [4.69, 9.17) is 0 Å². The molecule has 4 heteroatoms. The molecule has 0 bridgehead atoms. The summed E-state index contributed by atoms with van der Waals surface area (Å²) in [5.74, 6) is 0.250. The third-order valence-electron chi connectivity index (χ3n) is 2.94. The smallest absolute Gasteiger partial charge is 0.245 e. The van der Waals surface area contributed by atoms with Crippen LogP contribution in [0.15, 0.2) is 0 Å². The van der Waals surface area contributed by atoms with E-state index in [9.17, 15) is 9.59 Å². The summed E-state index contributed by atoms with van der Waals surface area (Å²) < 4.78 is 0. The van der Waals surface area contributed by atoms with Crippen LogP contribution in [0.25, 0.3) is 0 Å². The lowest BCUT2D eigenvalue weighted by molar-refractivity contribution is -0.145. The number of nitrogens with zero attached hydrogens (tertiary/aromatic N) is 1. The first kappa shape index (κ1) is 12.0. The van der Waals surface area contributed by atoms with Crippen molar-refractivity contribution in [1.29, 1.82) is 0 Å². The molecule has 1 rings (SSSR count). The molecular weight excluding hydrogens is 192 g/mol. The fourth-order valence-electron chi connectivity index (χ4n) is 1.81. The van der Waals surface area contributed by atoms with Gasteiger partial charge in [0.1, 0.15) is 6.04 Å². The molecule has 0 aromatic heterocycles. The highest BCUT2D eigenvalue weighted by Gasteiger charge is 2.34. The second kappa shape index (κ2) is 5.14. The number of amides is 2. The average molecular weight is 212 g/mol. The van der Waals surface area contributed by atoms with Crippen molar-refractivity contribution in [3.8, 4) is 0 Å². The number of piperazine rings is 1. The Morgan fingerprint density at radius 2 is 2.13 bits per heavy atom. The Hall–Kier alpha value is -1.06. The van der Waals surface area contributed by atoms with Crippen molar-refractivity contribution in [2.24, 2.45) is 5.92 Å². The van der Waals surface area contributed by atoms with E-state index in [2.05, 4.69) is 5.32 Å². The lowest BCUT2D eigenvalue weighted by Crippen LogP contribution is -2.60. The van der Waals surface area contributed by atoms with Gasteiger partial charge >= 0.3 is 0 Å². The molecular formula is C11H20N2O2. The van der Waals surface area contributed by atoms with Gasteiger partial charge in [0.2, 0.25) is 11.8 Å². The maximum absolute atomic E-state index is 12.0. The molecule has 1 aliphatic heterocycles. The highest BCUT2D eigenvalue weighted by atomic mass is 16.2. The molecule has 0 aromatic rings. The standard InChI is InChI=1S/C11H20N2O2/c1-4-6-13-7-9(14)12-10(11(13)15)8(3)5-2/h8,10H,4-7H2,1-3H3,(H,12,14). The summed E-state index contributed by atoms with van der Waals surface area (Å²) in [6.07, 6.45) is 1.79. The van der Waals surface area contributed by atoms with Crippen molar-refractivity contribution in [2.75, 3.05) is 13.1 Å². The molecule has 0 spiro atoms. The van der Waals surface area contributed by atoms with E-state index in [0.29, 0.717) is 6.54 Å². The maximum atomic E-state index is 12.0. The zero-order valence-corrected chi connectivity index (χ0v) is 9.75. The van der Waals surface area contributed by atoms with E-state index < -0.39 is 0 Å². The number of rotatable bonds is 4. The number of hydrogen-bond acceptors (Lipinski definition) is 2. The molecule has 1 heterocycles. The van der Waals surface area contributed by atoms with Gasteiger partial charge in [0, 0.05) is 6.54 Å². The van der Waals surface area contributed by atoms with E-state index in [1.165, 1.54) is 0 Å². The van der Waals surface area contributed by atoms with E-state index in [0.717, 1.165) is 12.8 Å². The lowest BCUT2D eigenvalue weighted by atomic mass is 9.96. The molecule has 0 radical (unpaired) electrons. The molecule has 2 unspecified atom stereocenters. The van der Waals surface area contributed by atoms with Crippen LogP contribution in [0.3, 0.4) is 0 Å². The molecule has 0 aliphatic carbocycles. The normalized spacial score (nSPS) is 23.9. The minimum atomic E-state index is -0.317. The monoisotopic (exact) mass is 212 g/mol. The average Bonchev–Trinajstić information content (AvgIpc) is 2.22. The predicted octanol–water partition coefficient (Wildman–Crippen LogP) is 0.769. The van der Waals surface area contributed by atoms with Crippen LogP contribution >= 0.6 is 0 Å². The Morgan fingerprint density at radius 1 is 1.47 bits per heavy atom. The molecule has 15 heavy (non-hydrogen) atoms. The van der Waals surface area contributed by atoms with Crippen molar-refractivity contribution in [3.05, 3.63) is 0 Å². The van der Waals surface area contributed by atoms with Gasteiger partial charge < -0.3 is 10.2 Å². The zero-order chi connectivity index (χ0) is 11.4. The summed E-state index contributed by atoms with van der Waals surface area (Å²) in [6.45, 7) is 6.94. The molecule has 2 amide bonds. The summed E-state index contributed by atoms with van der Waals surface area (Å²) >= 11 is 0. The summed E-state index contributed by atoms with van der Waals surface area (Å²) in [5, 5.41) is 2.78. The molecule has 86 valence electrons. The highest BCUT2D eigenvalue weighted by Crippen LogP contribution is 2.14. The van der Waals surface area contributed by atoms with Crippen LogP contribution in [-0.2, 0) is 9.59 Å². The van der Waals surface area contributed by atoms with Crippen molar-refractivity contribution < 1.29 is 9.59 Å². The van der Waals surface area contributed by atoms with E-state index in [1.54, 1.807) is 4.90 Å². The van der Waals surface area contributed by atoms with Crippen LogP contribution in [0.4, 0.5) is 0 Å². The third kappa shape index (κ3) is 2.70. The number of hydrogen-bond donors (Lipinski definition) is 1. The molecule has 1 fully saturated rings. The topological polar surface area (TPSA) is 49.4 Å². The number of carbonyl (C=O) groups excluding carboxylic acids is 2. The fourth-order valence-corrected chi connectivity index (χ4v) is 1.81. The molecule has 1 saturated heterocycles. The van der Waals surface area contributed by atoms with Crippen LogP contribution in [0.1, 0.15) is 33.6 Å². The fraction of sp³-hybridized carbons (Fsp3) is 0.818. The Morgan fingerprint density at radius 3 is 2.67 bits per heavy atom. The lowest BCUT2D eigenvalue weighted by Gasteiger charge is -2.34. The molecule has 0 saturated carbocycles. The summed E-state index contributed by atoms with van der Waals surface area (Å²) in [7, 11) is 0. The van der Waals surface area contributed by atoms with Gasteiger partial charge in [0.05, 0.1) is 6.54 Å². The van der Waals surface area contributed by atoms with Crippen LogP contribution in [0.2, 0.25) is 0 Å². The molecule has 1 N–H and O–H groups in total. The summed E-state index contributed by atoms with van der Waals surface area (Å²) in [6, 6.07) is -0.317. The van der Waals surface area contributed by atoms with Crippen LogP contribution in [0, 0.1) is 5.92 Å². The van der Waals surface area contributed by atoms with Gasteiger partial charge in [-0.1, -0.05) is 27.2 Å². The first-order valence-electron chi connectivity index (χ1n) is 5.68. The predicted molar refractivity (Wildman–Crippen MR) is 58.3 cm³/mol. The van der Waals surface area contributed by atoms with Gasteiger partial charge in [-0.15, -0.1) is 0 Å². The van der Waals surface area contributed by atoms with Gasteiger partial charge in [-0.2, -0.15) is 0 Å². The van der Waals surface area contributed by atoms with Gasteiger partial charge in [0.15, 0.2) is 0 Å². The molecule has 2 atom stereocenters. The molecule has 4 nitrogen and oxygen atoms in total. The Kier molecular flexibility index (Phi) is 4.12. The van der Waals surface area contributed by atoms with Crippen molar-refractivity contribution in [3.63, 3.8) is 0 Å². The number of nitrogens with one attached hydrogen (secondary N) is 1. The van der Waals surface area contributed by atoms with Gasteiger partial charge in [-0.05, 0) is 12.3 Å². The van der Waals surface area contributed by atoms with Crippen molar-refractivity contribution >= 4 is 11.8 Å². The summed E-state index contributed by atoms with van der Waals surface area (Å²) in [5.41, 5.74) is 0. The Balaban J connectivity index is 2.71. The largest absolute Gasteiger partial charge is 0.342 e. The second-order valence-electron chi connectivity index (χ2n) is 4.19. The number of carbonyl (C=O) groups is 2.